The summed E-state index contributed by atoms with van der Waals surface area (Å²) in [6, 6.07) is 0. The van der Waals surface area contributed by atoms with E-state index in [0.29, 0.717) is 18.8 Å². The lowest BCUT2D eigenvalue weighted by Crippen LogP contribution is -2.29. The van der Waals surface area contributed by atoms with Crippen molar-refractivity contribution in [2.45, 2.75) is 13.1 Å². The van der Waals surface area contributed by atoms with Crippen molar-refractivity contribution in [1.82, 2.24) is 29.9 Å². The minimum absolute atomic E-state index is 0.0246. The Morgan fingerprint density at radius 3 is 3.06 bits per heavy atom. The quantitative estimate of drug-likeness (QED) is 0.680. The summed E-state index contributed by atoms with van der Waals surface area (Å²) < 4.78 is 3.61. The Morgan fingerprint density at radius 1 is 1.56 bits per heavy atom. The van der Waals surface area contributed by atoms with E-state index in [9.17, 15) is 4.79 Å². The number of hydrogen-bond acceptors (Lipinski definition) is 5. The van der Waals surface area contributed by atoms with Crippen molar-refractivity contribution in [2.75, 3.05) is 6.54 Å². The Kier molecular flexibility index (Phi) is 3.68. The molecule has 0 bridgehead atoms. The third-order valence-corrected chi connectivity index (χ3v) is 2.48. The van der Waals surface area contributed by atoms with E-state index in [1.807, 2.05) is 11.6 Å². The molecule has 0 aliphatic carbocycles. The summed E-state index contributed by atoms with van der Waals surface area (Å²) in [4.78, 5) is 15.0. The van der Waals surface area contributed by atoms with Crippen LogP contribution in [0.2, 0.25) is 0 Å². The number of amides is 1. The van der Waals surface area contributed by atoms with Crippen LogP contribution >= 0.6 is 0 Å². The predicted octanol–water partition coefficient (Wildman–Crippen LogP) is -1.37. The number of carbonyl (C=O) groups is 1. The molecule has 0 unspecified atom stereocenters. The maximum Gasteiger partial charge on any atom is 0.234 e. The highest BCUT2D eigenvalue weighted by atomic mass is 16.1. The summed E-state index contributed by atoms with van der Waals surface area (Å²) in [5.74, 6) is -0.212. The Balaban J connectivity index is 1.94. The third kappa shape index (κ3) is 2.92. The lowest BCUT2D eigenvalue weighted by molar-refractivity contribution is -0.119. The van der Waals surface area contributed by atoms with Crippen LogP contribution in [-0.4, -0.2) is 37.0 Å². The fourth-order valence-corrected chi connectivity index (χ4v) is 1.46. The molecular formula is C10H15N7O. The van der Waals surface area contributed by atoms with Crippen LogP contribution in [0.1, 0.15) is 11.4 Å². The van der Waals surface area contributed by atoms with Crippen LogP contribution in [0, 0.1) is 0 Å². The van der Waals surface area contributed by atoms with Crippen molar-refractivity contribution in [2.24, 2.45) is 12.8 Å². The second kappa shape index (κ2) is 5.41. The fraction of sp³-hybridized carbons (Fsp3) is 0.400. The summed E-state index contributed by atoms with van der Waals surface area (Å²) in [5.41, 5.74) is 6.90. The van der Waals surface area contributed by atoms with Crippen molar-refractivity contribution >= 4 is 5.91 Å². The van der Waals surface area contributed by atoms with E-state index in [0.717, 1.165) is 5.69 Å². The molecule has 0 spiro atoms. The van der Waals surface area contributed by atoms with Crippen molar-refractivity contribution < 1.29 is 4.79 Å². The zero-order chi connectivity index (χ0) is 13.0. The van der Waals surface area contributed by atoms with Crippen molar-refractivity contribution in [3.63, 3.8) is 0 Å². The van der Waals surface area contributed by atoms with Gasteiger partial charge in [-0.3, -0.25) is 4.79 Å². The second-order valence-electron chi connectivity index (χ2n) is 3.88. The van der Waals surface area contributed by atoms with Gasteiger partial charge in [-0.25, -0.2) is 9.67 Å². The molecule has 2 aromatic heterocycles. The smallest absolute Gasteiger partial charge is 0.234 e. The Morgan fingerprint density at radius 2 is 2.39 bits per heavy atom. The zero-order valence-electron chi connectivity index (χ0n) is 10.1. The molecule has 2 heterocycles. The van der Waals surface area contributed by atoms with Gasteiger partial charge in [-0.1, -0.05) is 5.21 Å². The van der Waals surface area contributed by atoms with E-state index in [1.54, 1.807) is 23.4 Å². The highest BCUT2D eigenvalue weighted by Gasteiger charge is 2.05. The van der Waals surface area contributed by atoms with E-state index in [2.05, 4.69) is 20.6 Å². The molecule has 2 aromatic rings. The molecule has 1 amide bonds. The lowest BCUT2D eigenvalue weighted by Gasteiger charge is -2.01. The molecule has 0 radical (unpaired) electrons. The van der Waals surface area contributed by atoms with Crippen LogP contribution in [0.3, 0.4) is 0 Å². The highest BCUT2D eigenvalue weighted by molar-refractivity contribution is 5.77. The fourth-order valence-electron chi connectivity index (χ4n) is 1.46. The number of aromatic nitrogens is 5. The summed E-state index contributed by atoms with van der Waals surface area (Å²) >= 11 is 0. The number of nitrogens with one attached hydrogen (secondary N) is 1. The zero-order valence-corrected chi connectivity index (χ0v) is 10.1. The summed E-state index contributed by atoms with van der Waals surface area (Å²) in [7, 11) is 1.92. The minimum atomic E-state index is -0.212. The van der Waals surface area contributed by atoms with Crippen molar-refractivity contribution in [3.8, 4) is 0 Å². The van der Waals surface area contributed by atoms with Crippen LogP contribution in [-0.2, 0) is 24.9 Å². The molecule has 0 aromatic carbocycles. The highest BCUT2D eigenvalue weighted by Crippen LogP contribution is 2.00. The van der Waals surface area contributed by atoms with Gasteiger partial charge in [0.15, 0.2) is 0 Å². The maximum absolute atomic E-state index is 11.0. The minimum Gasteiger partial charge on any atom is -0.349 e. The molecule has 0 aliphatic rings. The molecule has 8 nitrogen and oxygen atoms in total. The van der Waals surface area contributed by atoms with Gasteiger partial charge in [0.25, 0.3) is 0 Å². The topological polar surface area (TPSA) is 104 Å². The van der Waals surface area contributed by atoms with E-state index in [1.165, 1.54) is 0 Å². The van der Waals surface area contributed by atoms with E-state index >= 15 is 0 Å². The number of aryl methyl sites for hydroxylation is 1. The number of hydrogen-bond donors (Lipinski definition) is 2. The molecule has 18 heavy (non-hydrogen) atoms. The first-order valence-electron chi connectivity index (χ1n) is 5.50. The van der Waals surface area contributed by atoms with Gasteiger partial charge in [-0.05, 0) is 0 Å². The molecule has 96 valence electrons. The summed E-state index contributed by atoms with van der Waals surface area (Å²) in [6.45, 7) is 0.902. The number of nitrogens with zero attached hydrogens (tertiary/aromatic N) is 5. The number of rotatable bonds is 5. The molecule has 2 rings (SSSR count). The van der Waals surface area contributed by atoms with E-state index in [4.69, 9.17) is 5.73 Å². The number of imidazole rings is 1. The van der Waals surface area contributed by atoms with Gasteiger partial charge in [-0.2, -0.15) is 0 Å². The molecule has 0 saturated heterocycles. The molecule has 0 saturated carbocycles. The Bertz CT molecular complexity index is 530. The molecule has 0 fully saturated rings. The normalized spacial score (nSPS) is 10.6. The number of carbonyl (C=O) groups excluding carboxylic acids is 1. The van der Waals surface area contributed by atoms with Gasteiger partial charge in [-0.15, -0.1) is 5.10 Å². The average Bonchev–Trinajstić information content (AvgIpc) is 2.97. The standard InChI is InChI=1S/C10H15N7O/c1-16-7-12-4-9(16)6-17-5-8(14-15-17)3-13-10(18)2-11/h4-5,7H,2-3,6,11H2,1H3,(H,13,18). The van der Waals surface area contributed by atoms with Crippen molar-refractivity contribution in [3.05, 3.63) is 30.1 Å². The van der Waals surface area contributed by atoms with Gasteiger partial charge in [0.05, 0.1) is 44.0 Å². The molecule has 0 atom stereocenters. The first-order valence-corrected chi connectivity index (χ1v) is 5.50. The van der Waals surface area contributed by atoms with Crippen molar-refractivity contribution in [1.29, 1.82) is 0 Å². The number of nitrogens with two attached hydrogens (primary N) is 1. The molecule has 0 aliphatic heterocycles. The molecule has 3 N–H and O–H groups in total. The first-order chi connectivity index (χ1) is 8.69. The Hall–Kier alpha value is -2.22. The predicted molar refractivity (Wildman–Crippen MR) is 63.2 cm³/mol. The average molecular weight is 249 g/mol. The third-order valence-electron chi connectivity index (χ3n) is 2.48. The van der Waals surface area contributed by atoms with E-state index < -0.39 is 0 Å². The van der Waals surface area contributed by atoms with Gasteiger partial charge in [0.2, 0.25) is 5.91 Å². The SMILES string of the molecule is Cn1cncc1Cn1cc(CNC(=O)CN)nn1. The van der Waals surface area contributed by atoms with Crippen LogP contribution in [0.5, 0.6) is 0 Å². The van der Waals surface area contributed by atoms with Crippen LogP contribution in [0.4, 0.5) is 0 Å². The van der Waals surface area contributed by atoms with Crippen LogP contribution in [0.15, 0.2) is 18.7 Å². The van der Waals surface area contributed by atoms with Gasteiger partial charge < -0.3 is 15.6 Å². The summed E-state index contributed by atoms with van der Waals surface area (Å²) in [6.07, 6.45) is 5.29. The van der Waals surface area contributed by atoms with Crippen LogP contribution in [0.25, 0.3) is 0 Å². The molecule has 8 heteroatoms. The largest absolute Gasteiger partial charge is 0.349 e. The molecular weight excluding hydrogens is 234 g/mol. The Labute approximate surface area is 104 Å². The van der Waals surface area contributed by atoms with Gasteiger partial charge >= 0.3 is 0 Å². The first kappa shape index (κ1) is 12.2. The van der Waals surface area contributed by atoms with Gasteiger partial charge in [0.1, 0.15) is 5.69 Å². The lowest BCUT2D eigenvalue weighted by atomic mass is 10.4. The van der Waals surface area contributed by atoms with Crippen LogP contribution < -0.4 is 11.1 Å². The second-order valence-corrected chi connectivity index (χ2v) is 3.88. The monoisotopic (exact) mass is 249 g/mol. The van der Waals surface area contributed by atoms with Gasteiger partial charge in [0, 0.05) is 7.05 Å². The van der Waals surface area contributed by atoms with E-state index in [-0.39, 0.29) is 12.5 Å². The summed E-state index contributed by atoms with van der Waals surface area (Å²) in [5, 5.41) is 10.6. The maximum atomic E-state index is 11.0.